The van der Waals surface area contributed by atoms with Gasteiger partial charge in [0.15, 0.2) is 0 Å². The highest BCUT2D eigenvalue weighted by Crippen LogP contribution is 2.41. The van der Waals surface area contributed by atoms with E-state index in [1.54, 1.807) is 0 Å². The Balaban J connectivity index is 2.22. The molecule has 1 N–H and O–H groups in total. The Bertz CT molecular complexity index is 493. The van der Waals surface area contributed by atoms with E-state index in [0.29, 0.717) is 28.3 Å². The van der Waals surface area contributed by atoms with Gasteiger partial charge in [0, 0.05) is 10.0 Å². The molecule has 0 aliphatic heterocycles. The fraction of sp³-hybridized carbons (Fsp3) is 0.588. The lowest BCUT2D eigenvalue weighted by molar-refractivity contribution is -0.145. The van der Waals surface area contributed by atoms with Crippen LogP contribution in [0.15, 0.2) is 18.2 Å². The fourth-order valence-electron chi connectivity index (χ4n) is 3.45. The average molecular weight is 329 g/mol. The van der Waals surface area contributed by atoms with Gasteiger partial charge in [0.05, 0.1) is 5.92 Å². The first-order chi connectivity index (χ1) is 9.90. The Kier molecular flexibility index (Phi) is 5.56. The van der Waals surface area contributed by atoms with Gasteiger partial charge >= 0.3 is 5.97 Å². The normalized spacial score (nSPS) is 26.0. The number of benzene rings is 1. The summed E-state index contributed by atoms with van der Waals surface area (Å²) < 4.78 is 0. The van der Waals surface area contributed by atoms with E-state index in [0.717, 1.165) is 24.8 Å². The molecule has 0 bridgehead atoms. The lowest BCUT2D eigenvalue weighted by atomic mass is 9.69. The van der Waals surface area contributed by atoms with Crippen molar-refractivity contribution < 1.29 is 9.90 Å². The van der Waals surface area contributed by atoms with Gasteiger partial charge in [-0.15, -0.1) is 0 Å². The van der Waals surface area contributed by atoms with Crippen LogP contribution in [0.25, 0.3) is 0 Å². The van der Waals surface area contributed by atoms with Gasteiger partial charge in [-0.05, 0) is 61.1 Å². The minimum atomic E-state index is -0.689. The molecule has 0 saturated heterocycles. The topological polar surface area (TPSA) is 37.3 Å². The summed E-state index contributed by atoms with van der Waals surface area (Å²) >= 11 is 12.5. The molecule has 1 aromatic carbocycles. The summed E-state index contributed by atoms with van der Waals surface area (Å²) in [6, 6.07) is 5.46. The monoisotopic (exact) mass is 328 g/mol. The highest BCUT2D eigenvalue weighted by Gasteiger charge is 2.36. The van der Waals surface area contributed by atoms with E-state index in [1.165, 1.54) is 0 Å². The summed E-state index contributed by atoms with van der Waals surface area (Å²) in [5.74, 6) is 0.314. The number of rotatable bonds is 4. The minimum absolute atomic E-state index is 0.112. The van der Waals surface area contributed by atoms with Gasteiger partial charge in [0.2, 0.25) is 0 Å². The number of hydrogen-bond donors (Lipinski definition) is 1. The molecule has 0 amide bonds. The quantitative estimate of drug-likeness (QED) is 0.813. The van der Waals surface area contributed by atoms with Crippen molar-refractivity contribution in [1.82, 2.24) is 0 Å². The van der Waals surface area contributed by atoms with Crippen LogP contribution in [0, 0.1) is 23.7 Å². The molecule has 0 aromatic heterocycles. The number of halogens is 2. The Morgan fingerprint density at radius 3 is 2.43 bits per heavy atom. The molecule has 1 fully saturated rings. The van der Waals surface area contributed by atoms with Crippen LogP contribution in [0.3, 0.4) is 0 Å². The van der Waals surface area contributed by atoms with E-state index in [2.05, 4.69) is 13.8 Å². The highest BCUT2D eigenvalue weighted by molar-refractivity contribution is 6.36. The van der Waals surface area contributed by atoms with Gasteiger partial charge < -0.3 is 5.11 Å². The number of hydrogen-bond acceptors (Lipinski definition) is 1. The summed E-state index contributed by atoms with van der Waals surface area (Å²) in [6.07, 6.45) is 3.35. The molecular weight excluding hydrogens is 307 g/mol. The van der Waals surface area contributed by atoms with Gasteiger partial charge in [-0.25, -0.2) is 0 Å². The van der Waals surface area contributed by atoms with Gasteiger partial charge in [0.25, 0.3) is 0 Å². The molecule has 4 heteroatoms. The second-order valence-electron chi connectivity index (χ2n) is 6.43. The molecule has 1 aromatic rings. The maximum Gasteiger partial charge on any atom is 0.306 e. The smallest absolute Gasteiger partial charge is 0.306 e. The third kappa shape index (κ3) is 3.92. The van der Waals surface area contributed by atoms with Crippen LogP contribution < -0.4 is 0 Å². The average Bonchev–Trinajstić information content (AvgIpc) is 2.42. The van der Waals surface area contributed by atoms with Crippen molar-refractivity contribution in [3.63, 3.8) is 0 Å². The van der Waals surface area contributed by atoms with Crippen molar-refractivity contribution in [2.75, 3.05) is 0 Å². The Morgan fingerprint density at radius 2 is 1.90 bits per heavy atom. The molecule has 2 nitrogen and oxygen atoms in total. The Labute approximate surface area is 136 Å². The molecule has 116 valence electrons. The molecule has 0 spiro atoms. The second kappa shape index (κ2) is 7.02. The van der Waals surface area contributed by atoms with Crippen LogP contribution in [0.2, 0.25) is 10.0 Å². The zero-order valence-corrected chi connectivity index (χ0v) is 14.0. The van der Waals surface area contributed by atoms with Crippen LogP contribution in [-0.4, -0.2) is 11.1 Å². The maximum absolute atomic E-state index is 11.5. The second-order valence-corrected chi connectivity index (χ2v) is 7.24. The standard InChI is InChI=1S/C17H22Cl2O2/c1-10(2)11-6-7-13(17(20)21)12(8-11)9-14-15(18)4-3-5-16(14)19/h3-5,10-13H,6-9H2,1-2H3,(H,20,21). The third-order valence-corrected chi connectivity index (χ3v) is 5.52. The van der Waals surface area contributed by atoms with E-state index < -0.39 is 5.97 Å². The number of carbonyl (C=O) groups is 1. The molecule has 1 aliphatic rings. The van der Waals surface area contributed by atoms with Crippen LogP contribution in [0.4, 0.5) is 0 Å². The number of aliphatic carboxylic acids is 1. The van der Waals surface area contributed by atoms with Crippen molar-refractivity contribution in [3.05, 3.63) is 33.8 Å². The van der Waals surface area contributed by atoms with E-state index in [9.17, 15) is 9.90 Å². The van der Waals surface area contributed by atoms with Crippen molar-refractivity contribution >= 4 is 29.2 Å². The van der Waals surface area contributed by atoms with Crippen LogP contribution in [0.1, 0.15) is 38.7 Å². The number of carboxylic acids is 1. The molecular formula is C17H22Cl2O2. The van der Waals surface area contributed by atoms with E-state index in [4.69, 9.17) is 23.2 Å². The molecule has 1 saturated carbocycles. The van der Waals surface area contributed by atoms with E-state index >= 15 is 0 Å². The van der Waals surface area contributed by atoms with E-state index in [1.807, 2.05) is 18.2 Å². The first-order valence-corrected chi connectivity index (χ1v) is 8.31. The van der Waals surface area contributed by atoms with Gasteiger partial charge in [-0.1, -0.05) is 43.1 Å². The first-order valence-electron chi connectivity index (χ1n) is 7.55. The van der Waals surface area contributed by atoms with Gasteiger partial charge in [0.1, 0.15) is 0 Å². The fourth-order valence-corrected chi connectivity index (χ4v) is 4.00. The molecule has 3 atom stereocenters. The first kappa shape index (κ1) is 16.6. The van der Waals surface area contributed by atoms with Crippen molar-refractivity contribution in [2.24, 2.45) is 23.7 Å². The summed E-state index contributed by atoms with van der Waals surface area (Å²) in [5, 5.41) is 10.8. The van der Waals surface area contributed by atoms with Crippen molar-refractivity contribution in [1.29, 1.82) is 0 Å². The van der Waals surface area contributed by atoms with E-state index in [-0.39, 0.29) is 11.8 Å². The predicted octanol–water partition coefficient (Wildman–Crippen LogP) is 5.31. The van der Waals surface area contributed by atoms with Crippen molar-refractivity contribution in [2.45, 2.75) is 39.5 Å². The summed E-state index contributed by atoms with van der Waals surface area (Å²) in [6.45, 7) is 4.43. The summed E-state index contributed by atoms with van der Waals surface area (Å²) in [7, 11) is 0. The lowest BCUT2D eigenvalue weighted by Crippen LogP contribution is -2.33. The zero-order valence-electron chi connectivity index (χ0n) is 12.5. The highest BCUT2D eigenvalue weighted by atomic mass is 35.5. The predicted molar refractivity (Wildman–Crippen MR) is 87.0 cm³/mol. The zero-order chi connectivity index (χ0) is 15.6. The van der Waals surface area contributed by atoms with Crippen LogP contribution in [0.5, 0.6) is 0 Å². The largest absolute Gasteiger partial charge is 0.481 e. The SMILES string of the molecule is CC(C)C1CCC(C(=O)O)C(Cc2c(Cl)cccc2Cl)C1. The molecule has 0 heterocycles. The van der Waals surface area contributed by atoms with Crippen molar-refractivity contribution in [3.8, 4) is 0 Å². The summed E-state index contributed by atoms with van der Waals surface area (Å²) in [4.78, 5) is 11.5. The molecule has 0 radical (unpaired) electrons. The van der Waals surface area contributed by atoms with Gasteiger partial charge in [-0.2, -0.15) is 0 Å². The Hall–Kier alpha value is -0.730. The third-order valence-electron chi connectivity index (χ3n) is 4.81. The molecule has 1 aliphatic carbocycles. The molecule has 3 unspecified atom stereocenters. The maximum atomic E-state index is 11.5. The Morgan fingerprint density at radius 1 is 1.29 bits per heavy atom. The molecule has 21 heavy (non-hydrogen) atoms. The lowest BCUT2D eigenvalue weighted by Gasteiger charge is -2.36. The van der Waals surface area contributed by atoms with Crippen LogP contribution >= 0.6 is 23.2 Å². The minimum Gasteiger partial charge on any atom is -0.481 e. The summed E-state index contributed by atoms with van der Waals surface area (Å²) in [5.41, 5.74) is 0.890. The van der Waals surface area contributed by atoms with Gasteiger partial charge in [-0.3, -0.25) is 4.79 Å². The molecule has 2 rings (SSSR count). The van der Waals surface area contributed by atoms with Crippen LogP contribution in [-0.2, 0) is 11.2 Å². The number of carboxylic acid groups (broad SMARTS) is 1.